The van der Waals surface area contributed by atoms with Gasteiger partial charge >= 0.3 is 0 Å². The molecule has 0 atom stereocenters. The van der Waals surface area contributed by atoms with Crippen molar-refractivity contribution in [3.8, 4) is 45.5 Å². The van der Waals surface area contributed by atoms with Crippen LogP contribution in [0.2, 0.25) is 5.15 Å². The minimum absolute atomic E-state index is 0. The lowest BCUT2D eigenvalue weighted by atomic mass is 10.0. The van der Waals surface area contributed by atoms with Crippen molar-refractivity contribution in [1.29, 1.82) is 0 Å². The van der Waals surface area contributed by atoms with Crippen LogP contribution in [0.3, 0.4) is 0 Å². The molecule has 292 valence electrons. The van der Waals surface area contributed by atoms with Gasteiger partial charge in [0, 0.05) is 41.1 Å². The predicted molar refractivity (Wildman–Crippen MR) is 203 cm³/mol. The van der Waals surface area contributed by atoms with E-state index in [2.05, 4.69) is 24.7 Å². The van der Waals surface area contributed by atoms with Crippen LogP contribution in [0, 0.1) is 11.6 Å². The molecule has 0 fully saturated rings. The highest BCUT2D eigenvalue weighted by molar-refractivity contribution is 6.29. The fourth-order valence-corrected chi connectivity index (χ4v) is 5.34. The number of methoxy groups -OCH3 is 4. The van der Waals surface area contributed by atoms with E-state index in [4.69, 9.17) is 43.0 Å². The van der Waals surface area contributed by atoms with Gasteiger partial charge in [-0.2, -0.15) is 0 Å². The zero-order valence-electron chi connectivity index (χ0n) is 30.4. The average Bonchev–Trinajstić information content (AvgIpc) is 3.18. The number of amides is 2. The number of hydrogen-bond donors (Lipinski definition) is 3. The number of anilines is 1. The number of halogens is 4. The summed E-state index contributed by atoms with van der Waals surface area (Å²) in [7, 11) is 5.75. The van der Waals surface area contributed by atoms with Crippen molar-refractivity contribution in [2.45, 2.75) is 6.42 Å². The van der Waals surface area contributed by atoms with Gasteiger partial charge in [0.25, 0.3) is 11.8 Å². The van der Waals surface area contributed by atoms with E-state index in [-0.39, 0.29) is 40.7 Å². The van der Waals surface area contributed by atoms with Gasteiger partial charge in [-0.1, -0.05) is 35.9 Å². The Balaban J connectivity index is 0.000000245. The number of nitrogens with zero attached hydrogens (tertiary/aromatic N) is 4. The molecule has 0 spiro atoms. The third-order valence-electron chi connectivity index (χ3n) is 7.62. The van der Waals surface area contributed by atoms with Crippen LogP contribution in [-0.4, -0.2) is 60.2 Å². The number of carbonyl (C=O) groups is 2. The zero-order chi connectivity index (χ0) is 40.1. The molecule has 13 nitrogen and oxygen atoms in total. The average molecular weight is 808 g/mol. The van der Waals surface area contributed by atoms with Crippen molar-refractivity contribution in [1.82, 2.24) is 19.9 Å². The van der Waals surface area contributed by atoms with Gasteiger partial charge in [-0.25, -0.2) is 28.7 Å². The summed E-state index contributed by atoms with van der Waals surface area (Å²) in [5.74, 6) is -1.77. The summed E-state index contributed by atoms with van der Waals surface area (Å²) >= 11 is 5.80. The second kappa shape index (κ2) is 20.8. The van der Waals surface area contributed by atoms with E-state index in [0.29, 0.717) is 34.3 Å². The number of benzene rings is 4. The van der Waals surface area contributed by atoms with Crippen molar-refractivity contribution in [3.63, 3.8) is 0 Å². The van der Waals surface area contributed by atoms with Crippen molar-refractivity contribution < 1.29 is 49.7 Å². The summed E-state index contributed by atoms with van der Waals surface area (Å²) in [5.41, 5.74) is 20.1. The second-order valence-corrected chi connectivity index (χ2v) is 11.6. The molecule has 17 heteroatoms. The number of nitrogen functional groups attached to an aromatic ring is 1. The first-order chi connectivity index (χ1) is 26.4. The highest BCUT2D eigenvalue weighted by Gasteiger charge is 2.17. The predicted octanol–water partition coefficient (Wildman–Crippen LogP) is 3.31. The molecular weight excluding hydrogens is 771 g/mol. The van der Waals surface area contributed by atoms with E-state index >= 15 is 0 Å². The van der Waals surface area contributed by atoms with E-state index in [1.165, 1.54) is 45.1 Å². The van der Waals surface area contributed by atoms with Gasteiger partial charge in [-0.3, -0.25) is 9.59 Å². The van der Waals surface area contributed by atoms with Crippen LogP contribution >= 0.6 is 11.6 Å². The lowest BCUT2D eigenvalue weighted by Gasteiger charge is -2.11. The quantitative estimate of drug-likeness (QED) is 0.136. The van der Waals surface area contributed by atoms with Gasteiger partial charge < -0.3 is 48.6 Å². The summed E-state index contributed by atoms with van der Waals surface area (Å²) < 4.78 is 47.5. The molecule has 56 heavy (non-hydrogen) atoms. The highest BCUT2D eigenvalue weighted by atomic mass is 35.5. The smallest absolute Gasteiger partial charge is 0.252 e. The Morgan fingerprint density at radius 3 is 1.62 bits per heavy atom. The molecule has 6 aromatic rings. The molecule has 0 aliphatic heterocycles. The van der Waals surface area contributed by atoms with Crippen molar-refractivity contribution in [3.05, 3.63) is 137 Å². The van der Waals surface area contributed by atoms with E-state index < -0.39 is 23.4 Å². The molecule has 0 aliphatic rings. The van der Waals surface area contributed by atoms with Gasteiger partial charge in [0.2, 0.25) is 0 Å². The normalized spacial score (nSPS) is 9.98. The number of rotatable bonds is 10. The molecule has 6 rings (SSSR count). The Bertz CT molecular complexity index is 2300. The lowest BCUT2D eigenvalue weighted by molar-refractivity contribution is -0.0000298. The van der Waals surface area contributed by atoms with Gasteiger partial charge in [0.1, 0.15) is 29.3 Å². The Morgan fingerprint density at radius 2 is 1.12 bits per heavy atom. The van der Waals surface area contributed by atoms with Crippen LogP contribution in [0.25, 0.3) is 22.5 Å². The molecule has 0 unspecified atom stereocenters. The monoisotopic (exact) mass is 806 g/mol. The van der Waals surface area contributed by atoms with Crippen LogP contribution in [0.15, 0.2) is 97.6 Å². The number of nitrogens with two attached hydrogens (primary N) is 3. The Labute approximate surface area is 332 Å². The van der Waals surface area contributed by atoms with Crippen molar-refractivity contribution in [2.75, 3.05) is 34.2 Å². The van der Waals surface area contributed by atoms with Crippen LogP contribution in [-0.2, 0) is 6.42 Å². The molecule has 0 saturated carbocycles. The molecule has 2 aromatic heterocycles. The maximum atomic E-state index is 14.2. The molecule has 0 aliphatic carbocycles. The molecule has 6 N–H and O–H groups in total. The van der Waals surface area contributed by atoms with Crippen molar-refractivity contribution >= 4 is 29.1 Å². The zero-order valence-corrected chi connectivity index (χ0v) is 31.9. The fraction of sp³-hybridized carbons (Fsp3) is 0.128. The van der Waals surface area contributed by atoms with Crippen LogP contribution in [0.4, 0.5) is 14.5 Å². The summed E-state index contributed by atoms with van der Waals surface area (Å²) in [6, 6.07) is 23.8. The SMILES string of the molecule is COc1c(F)cc(N)cc1C(N)=O.COc1ccccc1-c1cc(Cc2cc(F)c(OC)c(C(N)=O)c2)ncn1.COc1ccccc1-c1cc(Cl)ncn1.[Cl-]. The Morgan fingerprint density at radius 1 is 0.643 bits per heavy atom. The minimum atomic E-state index is -0.775. The number of aromatic nitrogens is 4. The van der Waals surface area contributed by atoms with E-state index in [9.17, 15) is 18.4 Å². The maximum absolute atomic E-state index is 14.2. The minimum Gasteiger partial charge on any atom is -1.00 e. The lowest BCUT2D eigenvalue weighted by Crippen LogP contribution is -3.00. The van der Waals surface area contributed by atoms with Crippen LogP contribution < -0.4 is 48.6 Å². The summed E-state index contributed by atoms with van der Waals surface area (Å²) in [4.78, 5) is 38.9. The number of primary amides is 2. The molecule has 0 bridgehead atoms. The molecular formula is C39H36Cl2F2N7O6-. The number of hydrogen-bond acceptors (Lipinski definition) is 11. The summed E-state index contributed by atoms with van der Waals surface area (Å²) in [5, 5.41) is 0.422. The first kappa shape index (κ1) is 43.8. The molecule has 0 radical (unpaired) electrons. The molecule has 4 aromatic carbocycles. The molecule has 2 heterocycles. The second-order valence-electron chi connectivity index (χ2n) is 11.2. The van der Waals surface area contributed by atoms with Gasteiger partial charge in [0.05, 0.1) is 51.0 Å². The number of para-hydroxylation sites is 2. The van der Waals surface area contributed by atoms with E-state index in [0.717, 1.165) is 28.6 Å². The van der Waals surface area contributed by atoms with E-state index in [1.807, 2.05) is 48.5 Å². The van der Waals surface area contributed by atoms with Crippen LogP contribution in [0.1, 0.15) is 32.0 Å². The van der Waals surface area contributed by atoms with E-state index in [1.54, 1.807) is 26.4 Å². The van der Waals surface area contributed by atoms with Crippen LogP contribution in [0.5, 0.6) is 23.0 Å². The van der Waals surface area contributed by atoms with Gasteiger partial charge in [-0.15, -0.1) is 0 Å². The Kier molecular flexibility index (Phi) is 16.2. The Hall–Kier alpha value is -6.58. The maximum Gasteiger partial charge on any atom is 0.252 e. The van der Waals surface area contributed by atoms with Gasteiger partial charge in [0.15, 0.2) is 23.1 Å². The summed E-state index contributed by atoms with van der Waals surface area (Å²) in [6.07, 6.45) is 3.17. The fourth-order valence-electron chi connectivity index (χ4n) is 5.19. The number of ether oxygens (including phenoxy) is 4. The first-order valence-electron chi connectivity index (χ1n) is 16.0. The molecule has 0 saturated heterocycles. The standard InChI is InChI=1S/C20H18FN3O3.C11H9ClN2O.C8H9FN2O2.ClH/c1-26-18-6-4-3-5-14(18)17-10-13(23-11-24-17)7-12-8-15(20(22)25)19(27-2)16(21)9-12;1-15-10-5-3-2-4-8(10)9-6-11(12)14-7-13-9;1-13-7-5(8(11)12)2-4(10)3-6(7)9;/h3-6,8-11H,7H2,1-2H3,(H2,22,25);2-7H,1H3;2-3H,10H2,1H3,(H2,11,12);1H/p-1. The number of carbonyl (C=O) groups excluding carboxylic acids is 2. The van der Waals surface area contributed by atoms with Crippen molar-refractivity contribution in [2.24, 2.45) is 11.5 Å². The van der Waals surface area contributed by atoms with Gasteiger partial charge in [-0.05, 0) is 54.1 Å². The largest absolute Gasteiger partial charge is 1.00 e. The first-order valence-corrected chi connectivity index (χ1v) is 16.4. The topological polar surface area (TPSA) is 201 Å². The summed E-state index contributed by atoms with van der Waals surface area (Å²) in [6.45, 7) is 0. The molecule has 2 amide bonds. The third kappa shape index (κ3) is 11.2. The third-order valence-corrected chi connectivity index (χ3v) is 7.82. The highest BCUT2D eigenvalue weighted by Crippen LogP contribution is 2.31.